The van der Waals surface area contributed by atoms with Crippen molar-refractivity contribution in [2.45, 2.75) is 47.0 Å². The lowest BCUT2D eigenvalue weighted by Gasteiger charge is -2.13. The van der Waals surface area contributed by atoms with Gasteiger partial charge in [0.15, 0.2) is 6.29 Å². The molecule has 0 fully saturated rings. The highest BCUT2D eigenvalue weighted by molar-refractivity contribution is 5.87. The third-order valence-electron chi connectivity index (χ3n) is 1.91. The molecule has 0 heterocycles. The zero-order valence-corrected chi connectivity index (χ0v) is 10.8. The van der Waals surface area contributed by atoms with Gasteiger partial charge in [-0.3, -0.25) is 0 Å². The average Bonchev–Trinajstić information content (AvgIpc) is 2.17. The molecule has 94 valence electrons. The molecule has 2 atom stereocenters. The number of hydrogen-bond acceptors (Lipinski definition) is 4. The highest BCUT2D eigenvalue weighted by Crippen LogP contribution is 2.05. The first-order valence-electron chi connectivity index (χ1n) is 5.63. The maximum absolute atomic E-state index is 11.5. The fourth-order valence-corrected chi connectivity index (χ4v) is 1.24. The van der Waals surface area contributed by atoms with Gasteiger partial charge >= 0.3 is 5.97 Å². The molecule has 16 heavy (non-hydrogen) atoms. The fraction of sp³-hybridized carbons (Fsp3) is 0.750. The van der Waals surface area contributed by atoms with Crippen LogP contribution in [0.3, 0.4) is 0 Å². The maximum atomic E-state index is 11.5. The Balaban J connectivity index is 4.16. The molecule has 0 saturated heterocycles. The van der Waals surface area contributed by atoms with Crippen molar-refractivity contribution in [3.63, 3.8) is 0 Å². The molecule has 0 aliphatic carbocycles. The lowest BCUT2D eigenvalue weighted by molar-refractivity contribution is -0.169. The van der Waals surface area contributed by atoms with Crippen LogP contribution in [-0.4, -0.2) is 31.6 Å². The van der Waals surface area contributed by atoms with Gasteiger partial charge in [-0.2, -0.15) is 0 Å². The van der Waals surface area contributed by atoms with Gasteiger partial charge in [-0.05, 0) is 40.7 Å². The summed E-state index contributed by atoms with van der Waals surface area (Å²) in [6.45, 7) is 10.2. The second-order valence-electron chi connectivity index (χ2n) is 3.44. The summed E-state index contributed by atoms with van der Waals surface area (Å²) in [4.78, 5) is 11.5. The van der Waals surface area contributed by atoms with E-state index in [2.05, 4.69) is 0 Å². The van der Waals surface area contributed by atoms with Gasteiger partial charge in [0.1, 0.15) is 0 Å². The molecule has 0 N–H and O–H groups in total. The van der Waals surface area contributed by atoms with Gasteiger partial charge < -0.3 is 14.2 Å². The third kappa shape index (κ3) is 6.58. The van der Waals surface area contributed by atoms with Crippen LogP contribution in [0.15, 0.2) is 11.6 Å². The minimum Gasteiger partial charge on any atom is -0.433 e. The predicted molar refractivity (Wildman–Crippen MR) is 62.0 cm³/mol. The Morgan fingerprint density at radius 2 is 1.75 bits per heavy atom. The lowest BCUT2D eigenvalue weighted by atomic mass is 10.2. The molecule has 0 aromatic rings. The van der Waals surface area contributed by atoms with E-state index < -0.39 is 6.29 Å². The van der Waals surface area contributed by atoms with E-state index in [1.165, 1.54) is 0 Å². The summed E-state index contributed by atoms with van der Waals surface area (Å²) in [5.41, 5.74) is 0.535. The van der Waals surface area contributed by atoms with Crippen LogP contribution >= 0.6 is 0 Å². The van der Waals surface area contributed by atoms with Crippen LogP contribution in [-0.2, 0) is 19.0 Å². The molecule has 0 spiro atoms. The summed E-state index contributed by atoms with van der Waals surface area (Å²) in [6, 6.07) is 0. The maximum Gasteiger partial charge on any atom is 0.335 e. The number of hydrogen-bond donors (Lipinski definition) is 0. The minimum atomic E-state index is -0.511. The van der Waals surface area contributed by atoms with Crippen molar-refractivity contribution < 1.29 is 19.0 Å². The summed E-state index contributed by atoms with van der Waals surface area (Å²) in [7, 11) is 0. The number of carbonyl (C=O) groups is 1. The third-order valence-corrected chi connectivity index (χ3v) is 1.91. The van der Waals surface area contributed by atoms with Crippen LogP contribution in [0.4, 0.5) is 0 Å². The molecule has 0 aromatic heterocycles. The van der Waals surface area contributed by atoms with Gasteiger partial charge in [0.05, 0.1) is 6.10 Å². The van der Waals surface area contributed by atoms with E-state index in [-0.39, 0.29) is 12.1 Å². The standard InChI is InChI=1S/C12H22O4/c1-6-14-10(4)8-9(3)12(13)16-11(5)15-7-2/h8,10-11H,6-7H2,1-5H3/b9-8+. The molecule has 0 bridgehead atoms. The van der Waals surface area contributed by atoms with Crippen molar-refractivity contribution >= 4 is 5.97 Å². The Kier molecular flexibility index (Phi) is 7.85. The molecule has 0 amide bonds. The SMILES string of the molecule is CCOC(C)/C=C(\C)C(=O)OC(C)OCC. The van der Waals surface area contributed by atoms with Gasteiger partial charge in [-0.1, -0.05) is 0 Å². The predicted octanol–water partition coefficient (Wildman–Crippen LogP) is 2.28. The van der Waals surface area contributed by atoms with E-state index in [1.807, 2.05) is 20.8 Å². The molecule has 4 heteroatoms. The zero-order chi connectivity index (χ0) is 12.6. The summed E-state index contributed by atoms with van der Waals surface area (Å²) in [5.74, 6) is -0.368. The van der Waals surface area contributed by atoms with Gasteiger partial charge in [-0.15, -0.1) is 0 Å². The Bertz CT molecular complexity index is 235. The van der Waals surface area contributed by atoms with Crippen LogP contribution in [0, 0.1) is 0 Å². The monoisotopic (exact) mass is 230 g/mol. The van der Waals surface area contributed by atoms with Crippen molar-refractivity contribution in [2.75, 3.05) is 13.2 Å². The van der Waals surface area contributed by atoms with Gasteiger partial charge in [0.2, 0.25) is 0 Å². The van der Waals surface area contributed by atoms with Crippen molar-refractivity contribution in [2.24, 2.45) is 0 Å². The average molecular weight is 230 g/mol. The molecular weight excluding hydrogens is 208 g/mol. The number of ether oxygens (including phenoxy) is 3. The van der Waals surface area contributed by atoms with E-state index in [1.54, 1.807) is 19.9 Å². The Labute approximate surface area is 97.6 Å². The molecule has 4 nitrogen and oxygen atoms in total. The van der Waals surface area contributed by atoms with Gasteiger partial charge in [0, 0.05) is 18.8 Å². The molecule has 0 aromatic carbocycles. The van der Waals surface area contributed by atoms with Crippen molar-refractivity contribution in [1.29, 1.82) is 0 Å². The van der Waals surface area contributed by atoms with E-state index in [9.17, 15) is 4.79 Å². The second kappa shape index (κ2) is 8.30. The highest BCUT2D eigenvalue weighted by atomic mass is 16.7. The fourth-order valence-electron chi connectivity index (χ4n) is 1.24. The Morgan fingerprint density at radius 3 is 2.25 bits per heavy atom. The zero-order valence-electron chi connectivity index (χ0n) is 10.8. The van der Waals surface area contributed by atoms with Crippen molar-refractivity contribution in [3.05, 3.63) is 11.6 Å². The first kappa shape index (κ1) is 15.1. The van der Waals surface area contributed by atoms with E-state index in [0.717, 1.165) is 0 Å². The first-order valence-corrected chi connectivity index (χ1v) is 5.63. The minimum absolute atomic E-state index is 0.0834. The van der Waals surface area contributed by atoms with Crippen LogP contribution < -0.4 is 0 Å². The van der Waals surface area contributed by atoms with E-state index in [4.69, 9.17) is 14.2 Å². The van der Waals surface area contributed by atoms with Crippen LogP contribution in [0.2, 0.25) is 0 Å². The summed E-state index contributed by atoms with van der Waals surface area (Å²) < 4.78 is 15.5. The van der Waals surface area contributed by atoms with Crippen LogP contribution in [0.25, 0.3) is 0 Å². The summed E-state index contributed by atoms with van der Waals surface area (Å²) >= 11 is 0. The van der Waals surface area contributed by atoms with E-state index >= 15 is 0 Å². The largest absolute Gasteiger partial charge is 0.433 e. The lowest BCUT2D eigenvalue weighted by Crippen LogP contribution is -2.19. The Morgan fingerprint density at radius 1 is 1.19 bits per heavy atom. The van der Waals surface area contributed by atoms with Gasteiger partial charge in [0.25, 0.3) is 0 Å². The molecule has 0 rings (SSSR count). The van der Waals surface area contributed by atoms with Gasteiger partial charge in [-0.25, -0.2) is 4.79 Å². The number of rotatable bonds is 7. The van der Waals surface area contributed by atoms with E-state index in [0.29, 0.717) is 18.8 Å². The van der Waals surface area contributed by atoms with Crippen molar-refractivity contribution in [3.8, 4) is 0 Å². The summed E-state index contributed by atoms with van der Waals surface area (Å²) in [6.07, 6.45) is 1.15. The topological polar surface area (TPSA) is 44.8 Å². The molecule has 2 unspecified atom stereocenters. The number of esters is 1. The smallest absolute Gasteiger partial charge is 0.335 e. The van der Waals surface area contributed by atoms with Crippen molar-refractivity contribution in [1.82, 2.24) is 0 Å². The second-order valence-corrected chi connectivity index (χ2v) is 3.44. The molecule has 0 radical (unpaired) electrons. The molecule has 0 saturated carbocycles. The molecule has 0 aliphatic rings. The number of carbonyl (C=O) groups excluding carboxylic acids is 1. The summed E-state index contributed by atoms with van der Waals surface area (Å²) in [5, 5.41) is 0. The highest BCUT2D eigenvalue weighted by Gasteiger charge is 2.11. The quantitative estimate of drug-likeness (QED) is 0.382. The Hall–Kier alpha value is -0.870. The molecular formula is C12H22O4. The van der Waals surface area contributed by atoms with Crippen LogP contribution in [0.1, 0.15) is 34.6 Å². The normalized spacial score (nSPS) is 15.7. The molecule has 0 aliphatic heterocycles. The van der Waals surface area contributed by atoms with Crippen LogP contribution in [0.5, 0.6) is 0 Å². The first-order chi connectivity index (χ1) is 7.51.